The lowest BCUT2D eigenvalue weighted by atomic mass is 9.85. The van der Waals surface area contributed by atoms with Crippen LogP contribution in [-0.4, -0.2) is 47.3 Å². The third-order valence-corrected chi connectivity index (χ3v) is 7.13. The summed E-state index contributed by atoms with van der Waals surface area (Å²) in [5.41, 5.74) is 6.52. The molecule has 9 heteroatoms. The Morgan fingerprint density at radius 2 is 1.94 bits per heavy atom. The highest BCUT2D eigenvalue weighted by Crippen LogP contribution is 2.42. The van der Waals surface area contributed by atoms with E-state index in [9.17, 15) is 13.6 Å². The normalized spacial score (nSPS) is 26.1. The molecule has 178 valence electrons. The second-order valence-electron chi connectivity index (χ2n) is 8.98. The van der Waals surface area contributed by atoms with Crippen LogP contribution < -0.4 is 5.73 Å². The summed E-state index contributed by atoms with van der Waals surface area (Å²) in [6.07, 6.45) is 1.76. The van der Waals surface area contributed by atoms with Crippen molar-refractivity contribution in [2.45, 2.75) is 50.7 Å². The number of aliphatic imine (C=N–C) groups is 1. The molecule has 2 N–H and O–H groups in total. The number of guanidine groups is 1. The molecular weight excluding hydrogens is 469 g/mol. The van der Waals surface area contributed by atoms with Gasteiger partial charge in [0.1, 0.15) is 11.6 Å². The van der Waals surface area contributed by atoms with E-state index < -0.39 is 17.2 Å². The third-order valence-electron chi connectivity index (χ3n) is 6.72. The first-order valence-electron chi connectivity index (χ1n) is 10.7. The van der Waals surface area contributed by atoms with Crippen molar-refractivity contribution >= 4 is 35.9 Å². The number of carbonyl (C=O) groups is 1. The number of nitrogens with zero attached hydrogens (tertiary/aromatic N) is 3. The maximum Gasteiger partial charge on any atom is 0.232 e. The Hall–Kier alpha value is -2.22. The average molecular weight is 497 g/mol. The van der Waals surface area contributed by atoms with Gasteiger partial charge in [0, 0.05) is 35.8 Å². The number of nitrogens with two attached hydrogens (primary N) is 1. The predicted octanol–water partition coefficient (Wildman–Crippen LogP) is 4.95. The van der Waals surface area contributed by atoms with Gasteiger partial charge < -0.3 is 10.6 Å². The van der Waals surface area contributed by atoms with Crippen molar-refractivity contribution in [1.29, 1.82) is 0 Å². The molecule has 0 spiro atoms. The molecule has 0 saturated carbocycles. The van der Waals surface area contributed by atoms with E-state index in [1.165, 1.54) is 12.1 Å². The minimum atomic E-state index is -0.988. The summed E-state index contributed by atoms with van der Waals surface area (Å²) in [6.45, 7) is 4.83. The Bertz CT molecular complexity index is 1100. The van der Waals surface area contributed by atoms with Crippen LogP contribution in [0.1, 0.15) is 38.7 Å². The summed E-state index contributed by atoms with van der Waals surface area (Å²) < 4.78 is 27.8. The van der Waals surface area contributed by atoms with Gasteiger partial charge >= 0.3 is 0 Å². The Labute approximate surface area is 204 Å². The van der Waals surface area contributed by atoms with Gasteiger partial charge in [-0.15, -0.1) is 12.4 Å². The molecule has 2 aromatic rings. The second kappa shape index (κ2) is 9.57. The Balaban J connectivity index is 0.00000306. The van der Waals surface area contributed by atoms with Crippen molar-refractivity contribution in [1.82, 2.24) is 9.80 Å². The number of carbonyl (C=O) groups excluding carboxylic acids is 1. The highest BCUT2D eigenvalue weighted by atomic mass is 35.5. The first-order valence-corrected chi connectivity index (χ1v) is 11.1. The molecule has 2 aliphatic heterocycles. The van der Waals surface area contributed by atoms with Crippen molar-refractivity contribution in [2.24, 2.45) is 10.7 Å². The van der Waals surface area contributed by atoms with Crippen LogP contribution in [0, 0.1) is 11.6 Å². The number of benzene rings is 2. The Kier molecular flexibility index (Phi) is 7.36. The molecule has 1 fully saturated rings. The van der Waals surface area contributed by atoms with E-state index in [-0.39, 0.29) is 47.3 Å². The lowest BCUT2D eigenvalue weighted by molar-refractivity contribution is -0.132. The van der Waals surface area contributed by atoms with Crippen LogP contribution in [0.3, 0.4) is 0 Å². The molecule has 1 saturated heterocycles. The van der Waals surface area contributed by atoms with E-state index in [1.54, 1.807) is 30.0 Å². The smallest absolute Gasteiger partial charge is 0.232 e. The summed E-state index contributed by atoms with van der Waals surface area (Å²) >= 11 is 6.69. The molecule has 0 aromatic heterocycles. The summed E-state index contributed by atoms with van der Waals surface area (Å²) in [5, 5.41) is 0.270. The van der Waals surface area contributed by atoms with Crippen LogP contribution >= 0.6 is 24.0 Å². The number of piperidine rings is 1. The molecule has 4 rings (SSSR count). The average Bonchev–Trinajstić information content (AvgIpc) is 2.70. The van der Waals surface area contributed by atoms with Crippen LogP contribution in [0.5, 0.6) is 0 Å². The molecule has 2 heterocycles. The fourth-order valence-electron chi connectivity index (χ4n) is 4.76. The van der Waals surface area contributed by atoms with E-state index in [1.807, 2.05) is 0 Å². The maximum atomic E-state index is 14.4. The van der Waals surface area contributed by atoms with Crippen molar-refractivity contribution in [3.63, 3.8) is 0 Å². The monoisotopic (exact) mass is 496 g/mol. The van der Waals surface area contributed by atoms with E-state index >= 15 is 0 Å². The summed E-state index contributed by atoms with van der Waals surface area (Å²) in [6, 6.07) is 8.87. The molecule has 3 atom stereocenters. The lowest BCUT2D eigenvalue weighted by Gasteiger charge is -2.44. The summed E-state index contributed by atoms with van der Waals surface area (Å²) in [4.78, 5) is 21.9. The van der Waals surface area contributed by atoms with Crippen LogP contribution in [-0.2, 0) is 10.3 Å². The number of hydrogen-bond acceptors (Lipinski definition) is 4. The first-order chi connectivity index (χ1) is 15.1. The molecule has 0 radical (unpaired) electrons. The second-order valence-corrected chi connectivity index (χ2v) is 9.36. The van der Waals surface area contributed by atoms with Gasteiger partial charge in [-0.25, -0.2) is 13.8 Å². The van der Waals surface area contributed by atoms with Crippen molar-refractivity contribution in [3.8, 4) is 11.1 Å². The molecule has 2 aromatic carbocycles. The topological polar surface area (TPSA) is 61.9 Å². The van der Waals surface area contributed by atoms with Gasteiger partial charge in [0.2, 0.25) is 5.91 Å². The number of rotatable bonds is 3. The number of halogens is 4. The number of likely N-dealkylation sites (tertiary alicyclic amines) is 1. The number of hydrogen-bond donors (Lipinski definition) is 1. The van der Waals surface area contributed by atoms with E-state index in [4.69, 9.17) is 22.3 Å². The Morgan fingerprint density at radius 1 is 1.21 bits per heavy atom. The maximum absolute atomic E-state index is 14.4. The van der Waals surface area contributed by atoms with Gasteiger partial charge in [0.25, 0.3) is 0 Å². The molecule has 33 heavy (non-hydrogen) atoms. The highest BCUT2D eigenvalue weighted by Gasteiger charge is 2.42. The molecule has 2 aliphatic rings. The quantitative estimate of drug-likeness (QED) is 0.653. The van der Waals surface area contributed by atoms with Gasteiger partial charge in [-0.05, 0) is 51.4 Å². The third kappa shape index (κ3) is 4.72. The fraction of sp³-hybridized carbons (Fsp3) is 0.417. The standard InChI is InChI=1S/C24H27ClF2N4O.ClH/c1-14-11-16(9-10-30(14)3)31-21(32)13-24(2,29-23(31)28)19-6-4-5-18(22(19)25)17-8-7-15(26)12-20(17)27;/h4-8,12,14,16H,9-11,13H2,1-3H3,(H2,28,29);1H/t14-,16-,24-;/m0./s1. The molecule has 0 aliphatic carbocycles. The zero-order valence-electron chi connectivity index (χ0n) is 18.8. The van der Waals surface area contributed by atoms with Crippen molar-refractivity contribution in [2.75, 3.05) is 13.6 Å². The van der Waals surface area contributed by atoms with E-state index in [2.05, 4.69) is 18.9 Å². The van der Waals surface area contributed by atoms with Crippen LogP contribution in [0.4, 0.5) is 8.78 Å². The van der Waals surface area contributed by atoms with Gasteiger partial charge in [0.05, 0.1) is 17.0 Å². The SMILES string of the molecule is C[C@H]1C[C@@H](N2C(=O)C[C@@](C)(c3cccc(-c4ccc(F)cc4F)c3Cl)N=C2N)CCN1C.Cl. The molecular formula is C24H28Cl2F2N4O. The molecule has 0 unspecified atom stereocenters. The van der Waals surface area contributed by atoms with Gasteiger partial charge in [-0.2, -0.15) is 0 Å². The minimum absolute atomic E-state index is 0. The first kappa shape index (κ1) is 25.4. The largest absolute Gasteiger partial charge is 0.369 e. The van der Waals surface area contributed by atoms with E-state index in [0.717, 1.165) is 25.5 Å². The van der Waals surface area contributed by atoms with Crippen LogP contribution in [0.15, 0.2) is 41.4 Å². The number of amides is 1. The van der Waals surface area contributed by atoms with Gasteiger partial charge in [-0.3, -0.25) is 9.69 Å². The Morgan fingerprint density at radius 3 is 2.58 bits per heavy atom. The zero-order valence-corrected chi connectivity index (χ0v) is 20.4. The predicted molar refractivity (Wildman–Crippen MR) is 130 cm³/mol. The molecule has 1 amide bonds. The zero-order chi connectivity index (χ0) is 23.2. The fourth-order valence-corrected chi connectivity index (χ4v) is 5.19. The highest BCUT2D eigenvalue weighted by molar-refractivity contribution is 6.34. The molecule has 5 nitrogen and oxygen atoms in total. The van der Waals surface area contributed by atoms with Gasteiger partial charge in [0.15, 0.2) is 5.96 Å². The lowest BCUT2D eigenvalue weighted by Crippen LogP contribution is -2.57. The van der Waals surface area contributed by atoms with Gasteiger partial charge in [-0.1, -0.05) is 29.8 Å². The van der Waals surface area contributed by atoms with Crippen LogP contribution in [0.2, 0.25) is 5.02 Å². The summed E-state index contributed by atoms with van der Waals surface area (Å²) in [7, 11) is 2.08. The van der Waals surface area contributed by atoms with E-state index in [0.29, 0.717) is 17.2 Å². The van der Waals surface area contributed by atoms with Crippen molar-refractivity contribution in [3.05, 3.63) is 58.6 Å². The van der Waals surface area contributed by atoms with Crippen LogP contribution in [0.25, 0.3) is 11.1 Å². The molecule has 0 bridgehead atoms. The van der Waals surface area contributed by atoms with Crippen molar-refractivity contribution < 1.29 is 13.6 Å². The minimum Gasteiger partial charge on any atom is -0.369 e. The summed E-state index contributed by atoms with van der Waals surface area (Å²) in [5.74, 6) is -1.29.